The summed E-state index contributed by atoms with van der Waals surface area (Å²) in [5.74, 6) is 0.248. The first-order valence-electron chi connectivity index (χ1n) is 7.45. The molecule has 0 radical (unpaired) electrons. The minimum Gasteiger partial charge on any atom is -0.342 e. The number of piperazine rings is 1. The molecule has 0 saturated carbocycles. The fourth-order valence-electron chi connectivity index (χ4n) is 2.57. The van der Waals surface area contributed by atoms with Crippen LogP contribution >= 0.6 is 11.3 Å². The molecular weight excluding hydrogens is 286 g/mol. The Labute approximate surface area is 129 Å². The number of amides is 2. The van der Waals surface area contributed by atoms with Crippen molar-refractivity contribution in [3.05, 3.63) is 16.6 Å². The minimum absolute atomic E-state index is 0.0276. The van der Waals surface area contributed by atoms with E-state index in [9.17, 15) is 9.59 Å². The largest absolute Gasteiger partial charge is 0.342 e. The van der Waals surface area contributed by atoms with Crippen LogP contribution in [0, 0.1) is 5.92 Å². The Kier molecular flexibility index (Phi) is 4.98. The van der Waals surface area contributed by atoms with Crippen molar-refractivity contribution in [2.45, 2.75) is 52.1 Å². The zero-order valence-electron chi connectivity index (χ0n) is 13.0. The van der Waals surface area contributed by atoms with Gasteiger partial charge in [0.2, 0.25) is 11.8 Å². The molecule has 4 atom stereocenters. The normalized spacial score (nSPS) is 25.6. The van der Waals surface area contributed by atoms with E-state index in [-0.39, 0.29) is 23.7 Å². The number of carbonyl (C=O) groups excluding carboxylic acids is 2. The number of hydrogen-bond donors (Lipinski definition) is 1. The highest BCUT2D eigenvalue weighted by molar-refractivity contribution is 7.09. The van der Waals surface area contributed by atoms with Crippen molar-refractivity contribution in [2.24, 2.45) is 5.92 Å². The van der Waals surface area contributed by atoms with Crippen molar-refractivity contribution in [3.8, 4) is 0 Å². The third-order valence-electron chi connectivity index (χ3n) is 4.25. The SMILES string of the molecule is CCC(C)C1NC(=O)C(C)N(CC(C)c2nccs2)C1=O. The molecule has 2 amide bonds. The van der Waals surface area contributed by atoms with Gasteiger partial charge in [-0.1, -0.05) is 27.2 Å². The van der Waals surface area contributed by atoms with Crippen LogP contribution in [0.4, 0.5) is 0 Å². The predicted octanol–water partition coefficient (Wildman–Crippen LogP) is 2.01. The molecule has 1 aliphatic heterocycles. The van der Waals surface area contributed by atoms with Crippen LogP contribution in [-0.2, 0) is 9.59 Å². The first-order valence-corrected chi connectivity index (χ1v) is 8.33. The monoisotopic (exact) mass is 309 g/mol. The van der Waals surface area contributed by atoms with Gasteiger partial charge in [0.25, 0.3) is 0 Å². The molecule has 1 aromatic rings. The van der Waals surface area contributed by atoms with E-state index in [4.69, 9.17) is 0 Å². The quantitative estimate of drug-likeness (QED) is 0.905. The van der Waals surface area contributed by atoms with Crippen LogP contribution in [0.1, 0.15) is 45.0 Å². The van der Waals surface area contributed by atoms with Crippen LogP contribution in [0.5, 0.6) is 0 Å². The van der Waals surface area contributed by atoms with Gasteiger partial charge in [0.15, 0.2) is 0 Å². The van der Waals surface area contributed by atoms with Crippen molar-refractivity contribution >= 4 is 23.2 Å². The van der Waals surface area contributed by atoms with E-state index < -0.39 is 12.1 Å². The van der Waals surface area contributed by atoms with Crippen LogP contribution in [0.2, 0.25) is 0 Å². The Hall–Kier alpha value is -1.43. The van der Waals surface area contributed by atoms with Gasteiger partial charge in [-0.25, -0.2) is 4.98 Å². The zero-order valence-corrected chi connectivity index (χ0v) is 13.8. The number of carbonyl (C=O) groups is 2. The first kappa shape index (κ1) is 15.9. The van der Waals surface area contributed by atoms with E-state index in [1.165, 1.54) is 0 Å². The van der Waals surface area contributed by atoms with Crippen LogP contribution in [-0.4, -0.2) is 40.3 Å². The summed E-state index contributed by atoms with van der Waals surface area (Å²) in [4.78, 5) is 30.8. The first-order chi connectivity index (χ1) is 9.95. The average molecular weight is 309 g/mol. The molecule has 0 bridgehead atoms. The van der Waals surface area contributed by atoms with Crippen molar-refractivity contribution < 1.29 is 9.59 Å². The van der Waals surface area contributed by atoms with Crippen LogP contribution in [0.15, 0.2) is 11.6 Å². The fourth-order valence-corrected chi connectivity index (χ4v) is 3.26. The van der Waals surface area contributed by atoms with Gasteiger partial charge in [-0.15, -0.1) is 11.3 Å². The highest BCUT2D eigenvalue weighted by Gasteiger charge is 2.40. The molecule has 1 fully saturated rings. The van der Waals surface area contributed by atoms with Crippen LogP contribution in [0.25, 0.3) is 0 Å². The van der Waals surface area contributed by atoms with Crippen molar-refractivity contribution in [2.75, 3.05) is 6.54 Å². The maximum atomic E-state index is 12.7. The number of aromatic nitrogens is 1. The second kappa shape index (κ2) is 6.56. The summed E-state index contributed by atoms with van der Waals surface area (Å²) in [6, 6.07) is -0.817. The van der Waals surface area contributed by atoms with Gasteiger partial charge in [-0.05, 0) is 12.8 Å². The smallest absolute Gasteiger partial charge is 0.246 e. The summed E-state index contributed by atoms with van der Waals surface area (Å²) in [5.41, 5.74) is 0. The summed E-state index contributed by atoms with van der Waals surface area (Å²) in [7, 11) is 0. The highest BCUT2D eigenvalue weighted by Crippen LogP contribution is 2.23. The van der Waals surface area contributed by atoms with Crippen LogP contribution < -0.4 is 5.32 Å². The Morgan fingerprint density at radius 2 is 2.14 bits per heavy atom. The maximum absolute atomic E-state index is 12.7. The summed E-state index contributed by atoms with van der Waals surface area (Å²) in [5, 5.41) is 5.79. The van der Waals surface area contributed by atoms with E-state index in [2.05, 4.69) is 10.3 Å². The molecule has 0 aromatic carbocycles. The second-order valence-corrected chi connectivity index (χ2v) is 6.74. The van der Waals surface area contributed by atoms with E-state index in [0.717, 1.165) is 11.4 Å². The Balaban J connectivity index is 2.15. The van der Waals surface area contributed by atoms with E-state index in [1.54, 1.807) is 29.4 Å². The van der Waals surface area contributed by atoms with Gasteiger partial charge in [0.05, 0.1) is 5.01 Å². The van der Waals surface area contributed by atoms with Gasteiger partial charge < -0.3 is 10.2 Å². The summed E-state index contributed by atoms with van der Waals surface area (Å²) < 4.78 is 0. The number of nitrogens with zero attached hydrogens (tertiary/aromatic N) is 2. The van der Waals surface area contributed by atoms with E-state index >= 15 is 0 Å². The molecule has 1 N–H and O–H groups in total. The third-order valence-corrected chi connectivity index (χ3v) is 5.26. The average Bonchev–Trinajstić information content (AvgIpc) is 3.00. The van der Waals surface area contributed by atoms with Gasteiger partial charge in [-0.3, -0.25) is 9.59 Å². The number of rotatable bonds is 5. The Bertz CT molecular complexity index is 503. The van der Waals surface area contributed by atoms with Crippen molar-refractivity contribution in [1.82, 2.24) is 15.2 Å². The van der Waals surface area contributed by atoms with E-state index in [1.807, 2.05) is 26.2 Å². The topological polar surface area (TPSA) is 62.3 Å². The lowest BCUT2D eigenvalue weighted by Crippen LogP contribution is -2.64. The number of thiazole rings is 1. The Morgan fingerprint density at radius 1 is 1.43 bits per heavy atom. The lowest BCUT2D eigenvalue weighted by Gasteiger charge is -2.40. The molecule has 21 heavy (non-hydrogen) atoms. The summed E-state index contributed by atoms with van der Waals surface area (Å²) >= 11 is 1.58. The maximum Gasteiger partial charge on any atom is 0.246 e. The molecule has 2 rings (SSSR count). The molecule has 1 aromatic heterocycles. The predicted molar refractivity (Wildman–Crippen MR) is 83.1 cm³/mol. The van der Waals surface area contributed by atoms with Gasteiger partial charge in [-0.2, -0.15) is 0 Å². The van der Waals surface area contributed by atoms with Gasteiger partial charge >= 0.3 is 0 Å². The van der Waals surface area contributed by atoms with Crippen molar-refractivity contribution in [3.63, 3.8) is 0 Å². The molecule has 0 spiro atoms. The summed E-state index contributed by atoms with van der Waals surface area (Å²) in [6.45, 7) is 8.40. The third kappa shape index (κ3) is 3.26. The highest BCUT2D eigenvalue weighted by atomic mass is 32.1. The lowest BCUT2D eigenvalue weighted by molar-refractivity contribution is -0.150. The molecule has 0 aliphatic carbocycles. The summed E-state index contributed by atoms with van der Waals surface area (Å²) in [6.07, 6.45) is 2.63. The van der Waals surface area contributed by atoms with Crippen molar-refractivity contribution in [1.29, 1.82) is 0 Å². The molecule has 1 saturated heterocycles. The fraction of sp³-hybridized carbons (Fsp3) is 0.667. The van der Waals surface area contributed by atoms with E-state index in [0.29, 0.717) is 6.54 Å². The van der Waals surface area contributed by atoms with Gasteiger partial charge in [0, 0.05) is 24.0 Å². The number of nitrogens with one attached hydrogen (secondary N) is 1. The Morgan fingerprint density at radius 3 is 2.71 bits per heavy atom. The molecular formula is C15H23N3O2S. The molecule has 5 nitrogen and oxygen atoms in total. The molecule has 2 heterocycles. The molecule has 6 heteroatoms. The molecule has 4 unspecified atom stereocenters. The van der Waals surface area contributed by atoms with Gasteiger partial charge in [0.1, 0.15) is 12.1 Å². The lowest BCUT2D eigenvalue weighted by atomic mass is 9.94. The van der Waals surface area contributed by atoms with Crippen LogP contribution in [0.3, 0.4) is 0 Å². The minimum atomic E-state index is -0.416. The standard InChI is InChI=1S/C15H23N3O2S/c1-5-9(2)12-15(20)18(11(4)13(19)17-12)8-10(3)14-16-6-7-21-14/h6-7,9-12H,5,8H2,1-4H3,(H,17,19). The second-order valence-electron chi connectivity index (χ2n) is 5.81. The molecule has 1 aliphatic rings. The molecule has 116 valence electrons. The number of hydrogen-bond acceptors (Lipinski definition) is 4. The zero-order chi connectivity index (χ0) is 15.6.